The van der Waals surface area contributed by atoms with Gasteiger partial charge in [-0.3, -0.25) is 0 Å². The number of carbonyl (C=O) groups excluding carboxylic acids is 1. The number of methoxy groups -OCH3 is 1. The Labute approximate surface area is 192 Å². The van der Waals surface area contributed by atoms with Crippen LogP contribution in [0.1, 0.15) is 39.4 Å². The zero-order valence-electron chi connectivity index (χ0n) is 18.1. The lowest BCUT2D eigenvalue weighted by Gasteiger charge is -2.14. The van der Waals surface area contributed by atoms with Gasteiger partial charge in [-0.25, -0.2) is 9.59 Å². The molecule has 33 heavy (non-hydrogen) atoms. The van der Waals surface area contributed by atoms with Crippen molar-refractivity contribution in [3.05, 3.63) is 89.0 Å². The molecule has 166 valence electrons. The Balaban J connectivity index is 1.31. The highest BCUT2D eigenvalue weighted by atomic mass is 16.5. The Morgan fingerprint density at radius 3 is 2.27 bits per heavy atom. The molecule has 6 heteroatoms. The highest BCUT2D eigenvalue weighted by molar-refractivity contribution is 5.94. The van der Waals surface area contributed by atoms with Gasteiger partial charge in [-0.1, -0.05) is 66.4 Å². The van der Waals surface area contributed by atoms with Gasteiger partial charge in [0.05, 0.1) is 7.11 Å². The maximum absolute atomic E-state index is 12.2. The number of fused-ring (bicyclic) bond motifs is 3. The number of carboxylic acids is 1. The summed E-state index contributed by atoms with van der Waals surface area (Å²) in [6.45, 7) is 0.535. The van der Waals surface area contributed by atoms with E-state index in [-0.39, 0.29) is 30.4 Å². The molecule has 0 bridgehead atoms. The Kier molecular flexibility index (Phi) is 6.61. The second-order valence-corrected chi connectivity index (χ2v) is 7.49. The first-order valence-corrected chi connectivity index (χ1v) is 10.6. The number of aromatic carboxylic acids is 1. The molecule has 0 heterocycles. The monoisotopic (exact) mass is 441 g/mol. The van der Waals surface area contributed by atoms with Crippen molar-refractivity contribution in [1.29, 1.82) is 0 Å². The van der Waals surface area contributed by atoms with Gasteiger partial charge in [0.25, 0.3) is 0 Å². The first-order chi connectivity index (χ1) is 16.1. The second-order valence-electron chi connectivity index (χ2n) is 7.49. The molecular formula is C27H23NO5. The summed E-state index contributed by atoms with van der Waals surface area (Å²) in [5, 5.41) is 12.1. The fraction of sp³-hybridized carbons (Fsp3) is 0.185. The molecule has 3 aromatic rings. The van der Waals surface area contributed by atoms with Crippen molar-refractivity contribution in [1.82, 2.24) is 5.32 Å². The number of rotatable bonds is 6. The fourth-order valence-electron chi connectivity index (χ4n) is 4.06. The van der Waals surface area contributed by atoms with E-state index in [0.29, 0.717) is 12.0 Å². The lowest BCUT2D eigenvalue weighted by atomic mass is 9.98. The standard InChI is InChI=1S/C27H23NO5/c1-32-24-15-8-10-18(25(24)26(29)30)9-6-7-16-28-27(31)33-17-23-21-13-4-2-11-19(21)20-12-3-5-14-22(20)23/h2-5,8,10-15,23H,7,16-17H2,1H3,(H,28,31)(H,29,30). The Bertz CT molecular complexity index is 1210. The minimum atomic E-state index is -1.10. The van der Waals surface area contributed by atoms with E-state index in [1.807, 2.05) is 24.3 Å². The fourth-order valence-corrected chi connectivity index (χ4v) is 4.06. The highest BCUT2D eigenvalue weighted by Crippen LogP contribution is 2.44. The third-order valence-corrected chi connectivity index (χ3v) is 5.55. The van der Waals surface area contributed by atoms with Gasteiger partial charge in [-0.2, -0.15) is 0 Å². The van der Waals surface area contributed by atoms with E-state index in [2.05, 4.69) is 41.4 Å². The number of carboxylic acid groups (broad SMARTS) is 1. The topological polar surface area (TPSA) is 84.9 Å². The molecule has 0 radical (unpaired) electrons. The summed E-state index contributed by atoms with van der Waals surface area (Å²) in [4.78, 5) is 23.7. The SMILES string of the molecule is COc1cccc(C#CCCNC(=O)OCC2c3ccccc3-c3ccccc32)c1C(=O)O. The smallest absolute Gasteiger partial charge is 0.407 e. The molecule has 4 rings (SSSR count). The lowest BCUT2D eigenvalue weighted by Crippen LogP contribution is -2.26. The molecule has 0 aromatic heterocycles. The second kappa shape index (κ2) is 9.92. The van der Waals surface area contributed by atoms with Gasteiger partial charge in [-0.05, 0) is 34.4 Å². The Hall–Kier alpha value is -4.24. The molecule has 0 atom stereocenters. The summed E-state index contributed by atoms with van der Waals surface area (Å²) in [6.07, 6.45) is -0.160. The maximum Gasteiger partial charge on any atom is 0.407 e. The van der Waals surface area contributed by atoms with E-state index in [1.54, 1.807) is 18.2 Å². The van der Waals surface area contributed by atoms with Crippen molar-refractivity contribution in [3.8, 4) is 28.7 Å². The molecule has 1 aliphatic rings. The van der Waals surface area contributed by atoms with Crippen LogP contribution in [0, 0.1) is 11.8 Å². The molecule has 0 aliphatic heterocycles. The van der Waals surface area contributed by atoms with E-state index in [0.717, 1.165) is 11.1 Å². The summed E-state index contributed by atoms with van der Waals surface area (Å²) in [7, 11) is 1.41. The molecular weight excluding hydrogens is 418 g/mol. The lowest BCUT2D eigenvalue weighted by molar-refractivity contribution is 0.0693. The number of hydrogen-bond donors (Lipinski definition) is 2. The van der Waals surface area contributed by atoms with E-state index in [1.165, 1.54) is 18.2 Å². The van der Waals surface area contributed by atoms with E-state index < -0.39 is 12.1 Å². The molecule has 0 fully saturated rings. The summed E-state index contributed by atoms with van der Waals surface area (Å²) >= 11 is 0. The third-order valence-electron chi connectivity index (χ3n) is 5.55. The van der Waals surface area contributed by atoms with Crippen molar-refractivity contribution in [3.63, 3.8) is 0 Å². The largest absolute Gasteiger partial charge is 0.496 e. The number of carbonyl (C=O) groups is 2. The zero-order valence-corrected chi connectivity index (χ0v) is 18.1. The summed E-state index contributed by atoms with van der Waals surface area (Å²) < 4.78 is 10.6. The number of benzene rings is 3. The molecule has 1 aliphatic carbocycles. The highest BCUT2D eigenvalue weighted by Gasteiger charge is 2.28. The van der Waals surface area contributed by atoms with Crippen LogP contribution in [0.5, 0.6) is 5.75 Å². The van der Waals surface area contributed by atoms with Crippen LogP contribution in [0.15, 0.2) is 66.7 Å². The molecule has 6 nitrogen and oxygen atoms in total. The van der Waals surface area contributed by atoms with Crippen LogP contribution >= 0.6 is 0 Å². The predicted octanol–water partition coefficient (Wildman–Crippen LogP) is 4.67. The number of amides is 1. The van der Waals surface area contributed by atoms with Crippen molar-refractivity contribution in [2.75, 3.05) is 20.3 Å². The number of alkyl carbamates (subject to hydrolysis) is 1. The normalized spacial score (nSPS) is 11.5. The summed E-state index contributed by atoms with van der Waals surface area (Å²) in [5.41, 5.74) is 5.06. The molecule has 0 unspecified atom stereocenters. The van der Waals surface area contributed by atoms with E-state index in [4.69, 9.17) is 9.47 Å². The third kappa shape index (κ3) is 4.68. The van der Waals surface area contributed by atoms with Gasteiger partial charge in [0.15, 0.2) is 0 Å². The van der Waals surface area contributed by atoms with Crippen LogP contribution in [0.25, 0.3) is 11.1 Å². The van der Waals surface area contributed by atoms with Gasteiger partial charge in [0, 0.05) is 24.4 Å². The predicted molar refractivity (Wildman–Crippen MR) is 125 cm³/mol. The average molecular weight is 441 g/mol. The van der Waals surface area contributed by atoms with Crippen LogP contribution < -0.4 is 10.1 Å². The van der Waals surface area contributed by atoms with Gasteiger partial charge < -0.3 is 19.9 Å². The molecule has 0 saturated carbocycles. The molecule has 3 aromatic carbocycles. The van der Waals surface area contributed by atoms with Crippen LogP contribution in [0.4, 0.5) is 4.79 Å². The first-order valence-electron chi connectivity index (χ1n) is 10.6. The van der Waals surface area contributed by atoms with E-state index in [9.17, 15) is 14.7 Å². The van der Waals surface area contributed by atoms with Crippen molar-refractivity contribution < 1.29 is 24.2 Å². The van der Waals surface area contributed by atoms with Crippen molar-refractivity contribution >= 4 is 12.1 Å². The summed E-state index contributed by atoms with van der Waals surface area (Å²) in [6, 6.07) is 21.2. The molecule has 2 N–H and O–H groups in total. The van der Waals surface area contributed by atoms with Gasteiger partial charge in [0.1, 0.15) is 17.9 Å². The van der Waals surface area contributed by atoms with Crippen LogP contribution in [-0.2, 0) is 4.74 Å². The van der Waals surface area contributed by atoms with Crippen LogP contribution in [0.2, 0.25) is 0 Å². The minimum absolute atomic E-state index is 0.00504. The minimum Gasteiger partial charge on any atom is -0.496 e. The number of hydrogen-bond acceptors (Lipinski definition) is 4. The summed E-state index contributed by atoms with van der Waals surface area (Å²) in [5.74, 6) is 4.88. The number of ether oxygens (including phenoxy) is 2. The van der Waals surface area contributed by atoms with Gasteiger partial charge in [0.2, 0.25) is 0 Å². The van der Waals surface area contributed by atoms with Crippen molar-refractivity contribution in [2.24, 2.45) is 0 Å². The first kappa shape index (κ1) is 22.0. The van der Waals surface area contributed by atoms with Crippen LogP contribution in [-0.4, -0.2) is 37.4 Å². The van der Waals surface area contributed by atoms with Gasteiger partial charge in [-0.15, -0.1) is 0 Å². The van der Waals surface area contributed by atoms with E-state index >= 15 is 0 Å². The van der Waals surface area contributed by atoms with Crippen LogP contribution in [0.3, 0.4) is 0 Å². The Morgan fingerprint density at radius 1 is 0.970 bits per heavy atom. The maximum atomic E-state index is 12.2. The van der Waals surface area contributed by atoms with Gasteiger partial charge >= 0.3 is 12.1 Å². The Morgan fingerprint density at radius 2 is 1.64 bits per heavy atom. The molecule has 1 amide bonds. The zero-order chi connectivity index (χ0) is 23.2. The van der Waals surface area contributed by atoms with Crippen molar-refractivity contribution in [2.45, 2.75) is 12.3 Å². The number of nitrogens with one attached hydrogen (secondary N) is 1. The average Bonchev–Trinajstić information content (AvgIpc) is 3.16. The molecule has 0 saturated heterocycles. The molecule has 0 spiro atoms. The quantitative estimate of drug-likeness (QED) is 0.429.